The molecule has 88 valence electrons. The zero-order chi connectivity index (χ0) is 12.2. The van der Waals surface area contributed by atoms with E-state index in [1.165, 1.54) is 11.0 Å². The molecule has 0 saturated carbocycles. The van der Waals surface area contributed by atoms with Crippen molar-refractivity contribution in [3.8, 4) is 6.07 Å². The Morgan fingerprint density at radius 1 is 1.69 bits per heavy atom. The van der Waals surface area contributed by atoms with Gasteiger partial charge in [-0.2, -0.15) is 10.4 Å². The van der Waals surface area contributed by atoms with Crippen molar-refractivity contribution in [1.29, 1.82) is 5.26 Å². The molecule has 1 unspecified atom stereocenters. The van der Waals surface area contributed by atoms with Crippen molar-refractivity contribution in [2.75, 3.05) is 0 Å². The first-order chi connectivity index (χ1) is 7.49. The Bertz CT molecular complexity index is 487. The monoisotopic (exact) mass is 243 g/mol. The fraction of sp³-hybridized carbons (Fsp3) is 0.625. The van der Waals surface area contributed by atoms with Crippen LogP contribution in [0.4, 0.5) is 0 Å². The largest absolute Gasteiger partial charge is 0.256 e. The van der Waals surface area contributed by atoms with Crippen LogP contribution in [0.5, 0.6) is 0 Å². The summed E-state index contributed by atoms with van der Waals surface area (Å²) < 4.78 is 26.9. The van der Waals surface area contributed by atoms with Gasteiger partial charge in [0.1, 0.15) is 6.33 Å². The van der Waals surface area contributed by atoms with E-state index in [-0.39, 0.29) is 13.0 Å². The Morgan fingerprint density at radius 2 is 2.38 bits per heavy atom. The van der Waals surface area contributed by atoms with Crippen LogP contribution in [0.3, 0.4) is 0 Å². The highest BCUT2D eigenvalue weighted by molar-refractivity contribution is 7.90. The third kappa shape index (κ3) is 3.01. The number of aromatic nitrogens is 3. The molecule has 1 aromatic rings. The summed E-state index contributed by atoms with van der Waals surface area (Å²) in [4.78, 5) is 3.87. The lowest BCUT2D eigenvalue weighted by Gasteiger charge is -2.08. The second kappa shape index (κ2) is 5.05. The molecule has 0 bridgehead atoms. The van der Waals surface area contributed by atoms with Gasteiger partial charge in [-0.15, -0.1) is 0 Å². The molecule has 1 N–H and O–H groups in total. The molecule has 0 radical (unpaired) electrons. The van der Waals surface area contributed by atoms with Crippen molar-refractivity contribution >= 4 is 10.0 Å². The van der Waals surface area contributed by atoms with Gasteiger partial charge in [0.2, 0.25) is 10.0 Å². The average molecular weight is 243 g/mol. The minimum absolute atomic E-state index is 0.00134. The molecular weight excluding hydrogens is 230 g/mol. The molecule has 8 heteroatoms. The van der Waals surface area contributed by atoms with Gasteiger partial charge >= 0.3 is 0 Å². The first kappa shape index (κ1) is 12.6. The standard InChI is InChI=1S/C8H13N5O2S/c1-3-7(4-9)16(14,15)11-5-8-10-6-13(2)12-8/h6-7,11H,3,5H2,1-2H3. The number of sulfonamides is 1. The molecule has 1 rings (SSSR count). The number of nitrogens with one attached hydrogen (secondary N) is 1. The van der Waals surface area contributed by atoms with E-state index >= 15 is 0 Å². The Kier molecular flexibility index (Phi) is 3.98. The van der Waals surface area contributed by atoms with E-state index in [1.54, 1.807) is 20.0 Å². The molecule has 0 aliphatic rings. The first-order valence-corrected chi connectivity index (χ1v) is 6.27. The molecule has 0 aliphatic carbocycles. The predicted octanol–water partition coefficient (Wildman–Crippen LogP) is -0.463. The fourth-order valence-corrected chi connectivity index (χ4v) is 2.22. The number of hydrogen-bond acceptors (Lipinski definition) is 5. The van der Waals surface area contributed by atoms with Gasteiger partial charge in [0.15, 0.2) is 11.1 Å². The van der Waals surface area contributed by atoms with Crippen LogP contribution in [-0.4, -0.2) is 28.4 Å². The molecule has 0 aromatic carbocycles. The summed E-state index contributed by atoms with van der Waals surface area (Å²) in [5, 5.41) is 11.5. The van der Waals surface area contributed by atoms with E-state index in [2.05, 4.69) is 14.8 Å². The molecule has 0 amide bonds. The minimum Gasteiger partial charge on any atom is -0.256 e. The Morgan fingerprint density at radius 3 is 2.81 bits per heavy atom. The SMILES string of the molecule is CCC(C#N)S(=O)(=O)NCc1ncn(C)n1. The lowest BCUT2D eigenvalue weighted by molar-refractivity contribution is 0.569. The van der Waals surface area contributed by atoms with Crippen molar-refractivity contribution in [1.82, 2.24) is 19.5 Å². The molecule has 1 atom stereocenters. The van der Waals surface area contributed by atoms with Crippen molar-refractivity contribution < 1.29 is 8.42 Å². The third-order valence-corrected chi connectivity index (χ3v) is 3.70. The van der Waals surface area contributed by atoms with Crippen LogP contribution in [0.1, 0.15) is 19.2 Å². The zero-order valence-corrected chi connectivity index (χ0v) is 9.90. The summed E-state index contributed by atoms with van der Waals surface area (Å²) in [7, 11) is -1.92. The van der Waals surface area contributed by atoms with Gasteiger partial charge in [0.05, 0.1) is 12.6 Å². The molecule has 16 heavy (non-hydrogen) atoms. The molecule has 0 saturated heterocycles. The van der Waals surface area contributed by atoms with Crippen LogP contribution in [0.25, 0.3) is 0 Å². The van der Waals surface area contributed by atoms with Crippen LogP contribution in [0.2, 0.25) is 0 Å². The van der Waals surface area contributed by atoms with Crippen molar-refractivity contribution in [3.05, 3.63) is 12.2 Å². The molecule has 0 spiro atoms. The van der Waals surface area contributed by atoms with E-state index in [4.69, 9.17) is 5.26 Å². The van der Waals surface area contributed by atoms with Gasteiger partial charge in [-0.3, -0.25) is 4.68 Å². The number of hydrogen-bond donors (Lipinski definition) is 1. The van der Waals surface area contributed by atoms with Crippen LogP contribution in [0.15, 0.2) is 6.33 Å². The maximum absolute atomic E-state index is 11.6. The van der Waals surface area contributed by atoms with E-state index in [1.807, 2.05) is 0 Å². The van der Waals surface area contributed by atoms with Gasteiger partial charge in [0, 0.05) is 7.05 Å². The Hall–Kier alpha value is -1.46. The van der Waals surface area contributed by atoms with Crippen LogP contribution < -0.4 is 4.72 Å². The number of rotatable bonds is 5. The van der Waals surface area contributed by atoms with Crippen molar-refractivity contribution in [2.45, 2.75) is 25.1 Å². The summed E-state index contributed by atoms with van der Waals surface area (Å²) in [6.07, 6.45) is 1.73. The first-order valence-electron chi connectivity index (χ1n) is 4.72. The summed E-state index contributed by atoms with van der Waals surface area (Å²) in [6, 6.07) is 1.74. The average Bonchev–Trinajstić information content (AvgIpc) is 2.63. The van der Waals surface area contributed by atoms with Crippen LogP contribution in [-0.2, 0) is 23.6 Å². The normalized spacial score (nSPS) is 13.3. The van der Waals surface area contributed by atoms with Crippen LogP contribution >= 0.6 is 0 Å². The number of nitrogens with zero attached hydrogens (tertiary/aromatic N) is 4. The van der Waals surface area contributed by atoms with Gasteiger partial charge in [-0.1, -0.05) is 6.92 Å². The molecule has 0 aliphatic heterocycles. The van der Waals surface area contributed by atoms with Gasteiger partial charge < -0.3 is 0 Å². The summed E-state index contributed by atoms with van der Waals surface area (Å²) in [5.74, 6) is 0.374. The Labute approximate surface area is 94.2 Å². The van der Waals surface area contributed by atoms with E-state index in [0.29, 0.717) is 5.82 Å². The van der Waals surface area contributed by atoms with Gasteiger partial charge in [0.25, 0.3) is 0 Å². The highest BCUT2D eigenvalue weighted by Gasteiger charge is 2.23. The molecule has 0 fully saturated rings. The second-order valence-electron chi connectivity index (χ2n) is 3.23. The van der Waals surface area contributed by atoms with E-state index in [9.17, 15) is 8.42 Å². The topological polar surface area (TPSA) is 101 Å². The third-order valence-electron chi connectivity index (χ3n) is 1.97. The van der Waals surface area contributed by atoms with Crippen molar-refractivity contribution in [2.24, 2.45) is 7.05 Å². The fourth-order valence-electron chi connectivity index (χ4n) is 1.11. The lowest BCUT2D eigenvalue weighted by atomic mass is 10.4. The lowest BCUT2D eigenvalue weighted by Crippen LogP contribution is -2.33. The highest BCUT2D eigenvalue weighted by Crippen LogP contribution is 2.03. The minimum atomic E-state index is -3.61. The van der Waals surface area contributed by atoms with E-state index < -0.39 is 15.3 Å². The Balaban J connectivity index is 2.65. The molecule has 7 nitrogen and oxygen atoms in total. The summed E-state index contributed by atoms with van der Waals surface area (Å²) >= 11 is 0. The summed E-state index contributed by atoms with van der Waals surface area (Å²) in [6.45, 7) is 1.65. The van der Waals surface area contributed by atoms with Gasteiger partial charge in [-0.25, -0.2) is 18.1 Å². The predicted molar refractivity (Wildman–Crippen MR) is 56.5 cm³/mol. The quantitative estimate of drug-likeness (QED) is 0.754. The smallest absolute Gasteiger partial charge is 0.228 e. The van der Waals surface area contributed by atoms with Crippen molar-refractivity contribution in [3.63, 3.8) is 0 Å². The highest BCUT2D eigenvalue weighted by atomic mass is 32.2. The molecule has 1 heterocycles. The number of aryl methyl sites for hydroxylation is 1. The maximum Gasteiger partial charge on any atom is 0.228 e. The van der Waals surface area contributed by atoms with Gasteiger partial charge in [-0.05, 0) is 6.42 Å². The van der Waals surface area contributed by atoms with Crippen LogP contribution in [0, 0.1) is 11.3 Å². The summed E-state index contributed by atoms with van der Waals surface area (Å²) in [5.41, 5.74) is 0. The zero-order valence-electron chi connectivity index (χ0n) is 9.08. The second-order valence-corrected chi connectivity index (χ2v) is 5.17. The molecular formula is C8H13N5O2S. The maximum atomic E-state index is 11.6. The molecule has 1 aromatic heterocycles. The number of nitriles is 1. The van der Waals surface area contributed by atoms with E-state index in [0.717, 1.165) is 0 Å².